The van der Waals surface area contributed by atoms with E-state index in [1.165, 1.54) is 44.1 Å². The Morgan fingerprint density at radius 2 is 1.54 bits per heavy atom. The summed E-state index contributed by atoms with van der Waals surface area (Å²) >= 11 is 0. The molecule has 0 N–H and O–H groups in total. The second-order valence-corrected chi connectivity index (χ2v) is 8.78. The number of aryl methyl sites for hydroxylation is 2. The maximum absolute atomic E-state index is 2.47. The summed E-state index contributed by atoms with van der Waals surface area (Å²) in [6.45, 7) is 11.7. The number of para-hydroxylation sites is 1. The normalized spacial score (nSPS) is 13.4. The molecule has 0 fully saturated rings. The Balaban J connectivity index is 2.08. The molecule has 1 nitrogen and oxygen atoms in total. The molecule has 1 aromatic heterocycles. The molecule has 0 saturated heterocycles. The minimum Gasteiger partial charge on any atom is -0.344 e. The monoisotopic (exact) mass is 369 g/mol. The molecular formula is C27H31N. The largest absolute Gasteiger partial charge is 0.344 e. The van der Waals surface area contributed by atoms with E-state index in [2.05, 4.69) is 107 Å². The topological polar surface area (TPSA) is 4.93 Å². The highest BCUT2D eigenvalue weighted by atomic mass is 14.9. The number of nitrogens with zero attached hydrogens (tertiary/aromatic N) is 1. The Hall–Kier alpha value is -2.54. The van der Waals surface area contributed by atoms with Gasteiger partial charge in [0.2, 0.25) is 0 Å². The number of fused-ring (bicyclic) bond motifs is 3. The van der Waals surface area contributed by atoms with Gasteiger partial charge in [0, 0.05) is 34.3 Å². The van der Waals surface area contributed by atoms with E-state index in [0.717, 1.165) is 6.42 Å². The third-order valence-corrected chi connectivity index (χ3v) is 6.72. The van der Waals surface area contributed by atoms with Crippen molar-refractivity contribution in [3.63, 3.8) is 0 Å². The summed E-state index contributed by atoms with van der Waals surface area (Å²) < 4.78 is 2.35. The van der Waals surface area contributed by atoms with Crippen molar-refractivity contribution >= 4 is 21.8 Å². The Morgan fingerprint density at radius 1 is 0.857 bits per heavy atom. The van der Waals surface area contributed by atoms with Crippen molar-refractivity contribution in [2.45, 2.75) is 52.4 Å². The SMILES string of the molecule is CCC(C)c1cc2c3ccccc3n(C)c2cc1C(C)(C)c1ccccc1C. The number of rotatable bonds is 4. The molecule has 0 aliphatic carbocycles. The molecule has 0 aliphatic heterocycles. The van der Waals surface area contributed by atoms with Gasteiger partial charge in [-0.2, -0.15) is 0 Å². The lowest BCUT2D eigenvalue weighted by Gasteiger charge is -2.32. The van der Waals surface area contributed by atoms with Crippen LogP contribution >= 0.6 is 0 Å². The molecule has 0 bridgehead atoms. The van der Waals surface area contributed by atoms with Crippen molar-refractivity contribution in [2.24, 2.45) is 7.05 Å². The van der Waals surface area contributed by atoms with Gasteiger partial charge >= 0.3 is 0 Å². The number of hydrogen-bond acceptors (Lipinski definition) is 0. The van der Waals surface area contributed by atoms with Gasteiger partial charge in [0.25, 0.3) is 0 Å². The van der Waals surface area contributed by atoms with E-state index < -0.39 is 0 Å². The zero-order valence-corrected chi connectivity index (χ0v) is 18.0. The molecular weight excluding hydrogens is 338 g/mol. The van der Waals surface area contributed by atoms with Crippen molar-refractivity contribution < 1.29 is 0 Å². The van der Waals surface area contributed by atoms with Crippen LogP contribution in [0.1, 0.15) is 62.3 Å². The van der Waals surface area contributed by atoms with Crippen LogP contribution in [-0.2, 0) is 12.5 Å². The van der Waals surface area contributed by atoms with Crippen molar-refractivity contribution in [1.29, 1.82) is 0 Å². The van der Waals surface area contributed by atoms with Gasteiger partial charge in [-0.1, -0.05) is 70.2 Å². The van der Waals surface area contributed by atoms with E-state index in [1.54, 1.807) is 0 Å². The zero-order chi connectivity index (χ0) is 20.1. The molecule has 1 heterocycles. The van der Waals surface area contributed by atoms with Gasteiger partial charge < -0.3 is 4.57 Å². The molecule has 1 atom stereocenters. The summed E-state index contributed by atoms with van der Waals surface area (Å²) in [6.07, 6.45) is 1.15. The van der Waals surface area contributed by atoms with E-state index >= 15 is 0 Å². The zero-order valence-electron chi connectivity index (χ0n) is 18.0. The smallest absolute Gasteiger partial charge is 0.0492 e. The number of aromatic nitrogens is 1. The lowest BCUT2D eigenvalue weighted by atomic mass is 9.72. The summed E-state index contributed by atoms with van der Waals surface area (Å²) in [5.74, 6) is 0.529. The van der Waals surface area contributed by atoms with Crippen molar-refractivity contribution in [3.05, 3.63) is 82.9 Å². The summed E-state index contributed by atoms with van der Waals surface area (Å²) in [5, 5.41) is 2.72. The van der Waals surface area contributed by atoms with Crippen molar-refractivity contribution in [1.82, 2.24) is 4.57 Å². The number of benzene rings is 3. The molecule has 3 aromatic carbocycles. The molecule has 0 saturated carbocycles. The molecule has 28 heavy (non-hydrogen) atoms. The lowest BCUT2D eigenvalue weighted by molar-refractivity contribution is 0.609. The van der Waals surface area contributed by atoms with Crippen LogP contribution in [-0.4, -0.2) is 4.57 Å². The Labute approximate surface area is 169 Å². The van der Waals surface area contributed by atoms with Crippen LogP contribution in [0.25, 0.3) is 21.8 Å². The summed E-state index contributed by atoms with van der Waals surface area (Å²) in [7, 11) is 2.19. The van der Waals surface area contributed by atoms with E-state index in [-0.39, 0.29) is 5.41 Å². The maximum atomic E-state index is 2.47. The molecule has 0 radical (unpaired) electrons. The van der Waals surface area contributed by atoms with Crippen LogP contribution in [0.5, 0.6) is 0 Å². The summed E-state index contributed by atoms with van der Waals surface area (Å²) in [6, 6.07) is 22.5. The third-order valence-electron chi connectivity index (χ3n) is 6.72. The Morgan fingerprint density at radius 3 is 2.25 bits per heavy atom. The van der Waals surface area contributed by atoms with E-state index in [1.807, 2.05) is 0 Å². The van der Waals surface area contributed by atoms with Gasteiger partial charge in [-0.05, 0) is 59.7 Å². The van der Waals surface area contributed by atoms with Gasteiger partial charge in [-0.25, -0.2) is 0 Å². The fourth-order valence-corrected chi connectivity index (χ4v) is 4.81. The van der Waals surface area contributed by atoms with Crippen LogP contribution in [0.3, 0.4) is 0 Å². The first kappa shape index (κ1) is 18.8. The molecule has 1 heteroatoms. The average molecular weight is 370 g/mol. The maximum Gasteiger partial charge on any atom is 0.0492 e. The predicted molar refractivity (Wildman–Crippen MR) is 122 cm³/mol. The van der Waals surface area contributed by atoms with Gasteiger partial charge in [0.1, 0.15) is 0 Å². The second kappa shape index (κ2) is 6.81. The van der Waals surface area contributed by atoms with Gasteiger partial charge in [0.15, 0.2) is 0 Å². The molecule has 4 aromatic rings. The van der Waals surface area contributed by atoms with Crippen molar-refractivity contribution in [2.75, 3.05) is 0 Å². The highest BCUT2D eigenvalue weighted by molar-refractivity contribution is 6.08. The third kappa shape index (κ3) is 2.76. The van der Waals surface area contributed by atoms with E-state index in [9.17, 15) is 0 Å². The fourth-order valence-electron chi connectivity index (χ4n) is 4.81. The first-order valence-corrected chi connectivity index (χ1v) is 10.4. The van der Waals surface area contributed by atoms with Crippen LogP contribution in [0.4, 0.5) is 0 Å². The molecule has 0 amide bonds. The highest BCUT2D eigenvalue weighted by Gasteiger charge is 2.29. The van der Waals surface area contributed by atoms with Gasteiger partial charge in [0.05, 0.1) is 0 Å². The highest BCUT2D eigenvalue weighted by Crippen LogP contribution is 2.42. The molecule has 4 rings (SSSR count). The number of hydrogen-bond donors (Lipinski definition) is 0. The van der Waals surface area contributed by atoms with Crippen LogP contribution < -0.4 is 0 Å². The van der Waals surface area contributed by atoms with Gasteiger partial charge in [-0.3, -0.25) is 0 Å². The molecule has 0 aliphatic rings. The van der Waals surface area contributed by atoms with Crippen LogP contribution in [0.15, 0.2) is 60.7 Å². The standard InChI is InChI=1S/C27H31N/c1-7-18(2)21-16-22-20-13-9-11-15-25(20)28(6)26(22)17-24(21)27(4,5)23-14-10-8-12-19(23)3/h8-18H,7H2,1-6H3. The van der Waals surface area contributed by atoms with Gasteiger partial charge in [-0.15, -0.1) is 0 Å². The first-order valence-electron chi connectivity index (χ1n) is 10.4. The summed E-state index contributed by atoms with van der Waals surface area (Å²) in [5.41, 5.74) is 8.30. The minimum atomic E-state index is -0.0469. The molecule has 1 unspecified atom stereocenters. The van der Waals surface area contributed by atoms with Crippen LogP contribution in [0, 0.1) is 6.92 Å². The predicted octanol–water partition coefficient (Wildman–Crippen LogP) is 7.48. The Bertz CT molecular complexity index is 1160. The fraction of sp³-hybridized carbons (Fsp3) is 0.333. The van der Waals surface area contributed by atoms with Crippen LogP contribution in [0.2, 0.25) is 0 Å². The van der Waals surface area contributed by atoms with E-state index in [0.29, 0.717) is 5.92 Å². The molecule has 144 valence electrons. The molecule has 0 spiro atoms. The lowest BCUT2D eigenvalue weighted by Crippen LogP contribution is -2.23. The minimum absolute atomic E-state index is 0.0469. The van der Waals surface area contributed by atoms with E-state index in [4.69, 9.17) is 0 Å². The quantitative estimate of drug-likeness (QED) is 0.351. The first-order chi connectivity index (χ1) is 13.4. The summed E-state index contributed by atoms with van der Waals surface area (Å²) in [4.78, 5) is 0. The second-order valence-electron chi connectivity index (χ2n) is 8.78. The van der Waals surface area contributed by atoms with Crippen molar-refractivity contribution in [3.8, 4) is 0 Å². The Kier molecular flexibility index (Phi) is 4.57. The average Bonchev–Trinajstić information content (AvgIpc) is 2.99.